The van der Waals surface area contributed by atoms with Gasteiger partial charge in [-0.3, -0.25) is 0 Å². The Kier molecular flexibility index (Phi) is 11.2. The molecule has 13 aromatic rings. The number of nitriles is 3. The van der Waals surface area contributed by atoms with Gasteiger partial charge in [0.25, 0.3) is 6.71 Å². The normalized spacial score (nSPS) is 12.0. The van der Waals surface area contributed by atoms with Crippen LogP contribution in [-0.2, 0) is 0 Å². The Morgan fingerprint density at radius 2 is 0.780 bits per heavy atom. The van der Waals surface area contributed by atoms with Gasteiger partial charge in [0.05, 0.1) is 51.6 Å². The van der Waals surface area contributed by atoms with Crippen molar-refractivity contribution in [1.82, 2.24) is 19.5 Å². The van der Waals surface area contributed by atoms with E-state index in [1.165, 1.54) is 0 Å². The minimum atomic E-state index is -0.220. The van der Waals surface area contributed by atoms with Gasteiger partial charge in [0, 0.05) is 61.6 Å². The Balaban J connectivity index is 1.00. The molecular weight excluding hydrogens is 1000 g/mol. The summed E-state index contributed by atoms with van der Waals surface area (Å²) in [5.41, 5.74) is 19.8. The van der Waals surface area contributed by atoms with Crippen LogP contribution in [0.4, 0.5) is 34.1 Å². The molecule has 9 nitrogen and oxygen atoms in total. The maximum Gasteiger partial charge on any atom is 0.252 e. The number of benzene rings is 11. The Bertz CT molecular complexity index is 4660. The Hall–Kier alpha value is -11.6. The summed E-state index contributed by atoms with van der Waals surface area (Å²) >= 11 is 0. The van der Waals surface area contributed by atoms with Crippen LogP contribution in [0.2, 0.25) is 0 Å². The van der Waals surface area contributed by atoms with Crippen LogP contribution < -0.4 is 26.2 Å². The van der Waals surface area contributed by atoms with E-state index in [1.54, 1.807) is 0 Å². The number of nitrogens with zero attached hydrogens (tertiary/aromatic N) is 9. The van der Waals surface area contributed by atoms with Crippen LogP contribution in [0.25, 0.3) is 83.9 Å². The van der Waals surface area contributed by atoms with E-state index >= 15 is 0 Å². The molecule has 11 aromatic carbocycles. The first kappa shape index (κ1) is 47.6. The van der Waals surface area contributed by atoms with E-state index in [4.69, 9.17) is 15.0 Å². The molecule has 0 atom stereocenters. The lowest BCUT2D eigenvalue weighted by atomic mass is 9.33. The maximum atomic E-state index is 10.5. The van der Waals surface area contributed by atoms with E-state index < -0.39 is 0 Å². The number of fused-ring (bicyclic) bond motifs is 7. The number of para-hydroxylation sites is 2. The van der Waals surface area contributed by atoms with Crippen molar-refractivity contribution in [2.75, 3.05) is 9.80 Å². The minimum absolute atomic E-state index is 0.220. The molecule has 2 aliphatic heterocycles. The van der Waals surface area contributed by atoms with Crippen LogP contribution in [-0.4, -0.2) is 26.2 Å². The highest BCUT2D eigenvalue weighted by atomic mass is 15.2. The van der Waals surface area contributed by atoms with Crippen LogP contribution in [0.1, 0.15) is 16.7 Å². The fraction of sp³-hybridized carbons (Fsp3) is 0. The summed E-state index contributed by atoms with van der Waals surface area (Å²) in [4.78, 5) is 20.0. The van der Waals surface area contributed by atoms with Crippen molar-refractivity contribution in [3.05, 3.63) is 271 Å². The molecule has 2 aromatic heterocycles. The predicted molar refractivity (Wildman–Crippen MR) is 330 cm³/mol. The van der Waals surface area contributed by atoms with Crippen molar-refractivity contribution in [2.24, 2.45) is 0 Å². The molecule has 0 bridgehead atoms. The van der Waals surface area contributed by atoms with Gasteiger partial charge in [-0.15, -0.1) is 0 Å². The molecule has 0 fully saturated rings. The molecule has 82 heavy (non-hydrogen) atoms. The van der Waals surface area contributed by atoms with Crippen LogP contribution in [0.15, 0.2) is 255 Å². The minimum Gasteiger partial charge on any atom is -0.311 e. The first-order chi connectivity index (χ1) is 40.5. The van der Waals surface area contributed by atoms with Crippen molar-refractivity contribution >= 4 is 79.0 Å². The monoisotopic (exact) mass is 1040 g/mol. The Morgan fingerprint density at radius 1 is 0.317 bits per heavy atom. The summed E-state index contributed by atoms with van der Waals surface area (Å²) in [6.45, 7) is -0.220. The zero-order chi connectivity index (χ0) is 54.8. The van der Waals surface area contributed by atoms with E-state index in [-0.39, 0.29) is 6.71 Å². The summed E-state index contributed by atoms with van der Waals surface area (Å²) in [6, 6.07) is 94.1. The summed E-state index contributed by atoms with van der Waals surface area (Å²) < 4.78 is 2.29. The molecule has 0 spiro atoms. The third kappa shape index (κ3) is 7.81. The van der Waals surface area contributed by atoms with Crippen LogP contribution >= 0.6 is 0 Å². The van der Waals surface area contributed by atoms with E-state index in [2.05, 4.69) is 166 Å². The van der Waals surface area contributed by atoms with E-state index in [1.807, 2.05) is 121 Å². The van der Waals surface area contributed by atoms with E-state index in [0.717, 1.165) is 111 Å². The molecule has 15 rings (SSSR count). The predicted octanol–water partition coefficient (Wildman–Crippen LogP) is 15.0. The van der Waals surface area contributed by atoms with Gasteiger partial charge >= 0.3 is 0 Å². The second kappa shape index (κ2) is 19.4. The molecule has 0 aliphatic carbocycles. The number of aromatic nitrogens is 4. The lowest BCUT2D eigenvalue weighted by Crippen LogP contribution is -2.61. The van der Waals surface area contributed by atoms with Crippen molar-refractivity contribution in [3.8, 4) is 80.3 Å². The summed E-state index contributed by atoms with van der Waals surface area (Å²) in [6.07, 6.45) is 0. The lowest BCUT2D eigenvalue weighted by molar-refractivity contribution is 1.06. The zero-order valence-corrected chi connectivity index (χ0v) is 43.9. The highest BCUT2D eigenvalue weighted by molar-refractivity contribution is 7.00. The molecule has 0 saturated carbocycles. The maximum absolute atomic E-state index is 10.5. The Morgan fingerprint density at radius 3 is 1.32 bits per heavy atom. The van der Waals surface area contributed by atoms with E-state index in [0.29, 0.717) is 39.7 Å². The molecular formula is C72H42BN9. The molecule has 4 heterocycles. The zero-order valence-electron chi connectivity index (χ0n) is 43.9. The van der Waals surface area contributed by atoms with Crippen molar-refractivity contribution < 1.29 is 0 Å². The molecule has 0 saturated heterocycles. The fourth-order valence-electron chi connectivity index (χ4n) is 12.2. The standard InChI is InChI=1S/C72H42BN9/c74-43-46-28-34-63(59(36-46)72-78-70(50-18-8-2-9-19-50)77-71(79-72)51-20-10-3-11-21-51)82-62-35-30-52(39-58(62)57-31-29-53(40-64(57)82)49-16-6-1-7-17-49)54-41-67-69-68(42-54)81(56-24-14-5-15-25-56)66-38-48(45-76)27-33-61(66)73(69)60-32-26-47(44-75)37-65(60)80(67)55-22-12-4-13-23-55/h1-42H. The third-order valence-corrected chi connectivity index (χ3v) is 15.9. The second-order valence-electron chi connectivity index (χ2n) is 20.5. The number of hydrogen-bond donors (Lipinski definition) is 0. The summed E-state index contributed by atoms with van der Waals surface area (Å²) in [5, 5.41) is 33.4. The quantitative estimate of drug-likeness (QED) is 0.138. The van der Waals surface area contributed by atoms with Gasteiger partial charge in [-0.1, -0.05) is 158 Å². The molecule has 0 unspecified atom stereocenters. The first-order valence-electron chi connectivity index (χ1n) is 27.0. The fourth-order valence-corrected chi connectivity index (χ4v) is 12.2. The van der Waals surface area contributed by atoms with Crippen LogP contribution in [0.3, 0.4) is 0 Å². The van der Waals surface area contributed by atoms with E-state index in [9.17, 15) is 15.8 Å². The highest BCUT2D eigenvalue weighted by Gasteiger charge is 2.44. The number of anilines is 6. The van der Waals surface area contributed by atoms with Gasteiger partial charge in [-0.25, -0.2) is 15.0 Å². The molecule has 10 heteroatoms. The van der Waals surface area contributed by atoms with Gasteiger partial charge in [0.15, 0.2) is 17.5 Å². The van der Waals surface area contributed by atoms with Crippen molar-refractivity contribution in [2.45, 2.75) is 0 Å². The third-order valence-electron chi connectivity index (χ3n) is 15.9. The van der Waals surface area contributed by atoms with Crippen molar-refractivity contribution in [3.63, 3.8) is 0 Å². The van der Waals surface area contributed by atoms with Crippen LogP contribution in [0.5, 0.6) is 0 Å². The number of rotatable bonds is 8. The van der Waals surface area contributed by atoms with Crippen molar-refractivity contribution in [1.29, 1.82) is 15.8 Å². The van der Waals surface area contributed by atoms with Gasteiger partial charge in [0.2, 0.25) is 0 Å². The number of hydrogen-bond acceptors (Lipinski definition) is 8. The summed E-state index contributed by atoms with van der Waals surface area (Å²) in [7, 11) is 0. The Labute approximate surface area is 473 Å². The van der Waals surface area contributed by atoms with Gasteiger partial charge in [-0.2, -0.15) is 15.8 Å². The average molecular weight is 1040 g/mol. The van der Waals surface area contributed by atoms with Crippen LogP contribution in [0, 0.1) is 34.0 Å². The molecule has 2 aliphatic rings. The smallest absolute Gasteiger partial charge is 0.252 e. The topological polar surface area (TPSA) is 121 Å². The largest absolute Gasteiger partial charge is 0.311 e. The molecule has 0 N–H and O–H groups in total. The molecule has 0 amide bonds. The molecule has 0 radical (unpaired) electrons. The highest BCUT2D eigenvalue weighted by Crippen LogP contribution is 2.48. The second-order valence-corrected chi connectivity index (χ2v) is 20.5. The molecule has 378 valence electrons. The first-order valence-corrected chi connectivity index (χ1v) is 27.0. The average Bonchev–Trinajstić information content (AvgIpc) is 2.26. The lowest BCUT2D eigenvalue weighted by Gasteiger charge is -2.44. The SMILES string of the molecule is N#Cc1ccc(-n2c3ccc(-c4cc5c6c(c4)N(c4ccccc4)c4cc(C#N)ccc4B6c4ccc(C#N)cc4N5c4ccccc4)cc3c3ccc(-c4ccccc4)cc32)c(-c2nc(-c3ccccc3)nc(-c3ccccc3)n2)c1. The van der Waals surface area contributed by atoms with Gasteiger partial charge in [0.1, 0.15) is 0 Å². The van der Waals surface area contributed by atoms with Gasteiger partial charge in [-0.05, 0) is 136 Å². The van der Waals surface area contributed by atoms with Gasteiger partial charge < -0.3 is 14.4 Å². The summed E-state index contributed by atoms with van der Waals surface area (Å²) in [5.74, 6) is 1.47.